The molecule has 3 N–H and O–H groups in total. The molecule has 2 aliphatic carbocycles. The first-order chi connectivity index (χ1) is 9.72. The number of amides is 1. The van der Waals surface area contributed by atoms with Crippen molar-refractivity contribution in [3.05, 3.63) is 36.4 Å². The van der Waals surface area contributed by atoms with E-state index in [0.717, 1.165) is 34.9 Å². The molecule has 1 fully saturated rings. The summed E-state index contributed by atoms with van der Waals surface area (Å²) in [5.74, 6) is 2.38. The van der Waals surface area contributed by atoms with Crippen LogP contribution in [0, 0.1) is 17.8 Å². The molecule has 1 amide bonds. The van der Waals surface area contributed by atoms with E-state index in [1.54, 1.807) is 0 Å². The summed E-state index contributed by atoms with van der Waals surface area (Å²) in [7, 11) is 0. The van der Waals surface area contributed by atoms with Gasteiger partial charge in [0.2, 0.25) is 5.91 Å². The first kappa shape index (κ1) is 13.6. The van der Waals surface area contributed by atoms with Crippen molar-refractivity contribution in [3.8, 4) is 0 Å². The number of nitrogens with one attached hydrogen (secondary N) is 1. The first-order valence-electron chi connectivity index (χ1n) is 7.14. The summed E-state index contributed by atoms with van der Waals surface area (Å²) in [4.78, 5) is 12.0. The van der Waals surface area contributed by atoms with Crippen molar-refractivity contribution in [1.82, 2.24) is 0 Å². The highest BCUT2D eigenvalue weighted by molar-refractivity contribution is 8.00. The first-order valence-corrected chi connectivity index (χ1v) is 8.13. The molecule has 1 aromatic rings. The third kappa shape index (κ3) is 3.01. The molecule has 0 aromatic heterocycles. The Bertz CT molecular complexity index is 529. The summed E-state index contributed by atoms with van der Waals surface area (Å²) < 4.78 is 0. The number of rotatable bonds is 6. The molecule has 0 radical (unpaired) electrons. The van der Waals surface area contributed by atoms with Gasteiger partial charge < -0.3 is 11.1 Å². The number of primary amides is 1. The molecule has 3 rings (SSSR count). The summed E-state index contributed by atoms with van der Waals surface area (Å²) in [6.45, 7) is 1.01. The van der Waals surface area contributed by atoms with Crippen LogP contribution in [0.3, 0.4) is 0 Å². The molecule has 2 bridgehead atoms. The number of benzene rings is 1. The van der Waals surface area contributed by atoms with Gasteiger partial charge in [0.15, 0.2) is 0 Å². The average molecular weight is 288 g/mol. The second-order valence-corrected chi connectivity index (χ2v) is 6.69. The van der Waals surface area contributed by atoms with Gasteiger partial charge in [0.1, 0.15) is 0 Å². The number of thioether (sulfide) groups is 1. The molecule has 3 nitrogen and oxygen atoms in total. The van der Waals surface area contributed by atoms with Crippen molar-refractivity contribution in [3.63, 3.8) is 0 Å². The Hall–Kier alpha value is -1.42. The number of anilines is 1. The molecule has 20 heavy (non-hydrogen) atoms. The molecular weight excluding hydrogens is 268 g/mol. The van der Waals surface area contributed by atoms with Crippen molar-refractivity contribution >= 4 is 23.4 Å². The van der Waals surface area contributed by atoms with E-state index < -0.39 is 0 Å². The van der Waals surface area contributed by atoms with Gasteiger partial charge in [-0.3, -0.25) is 4.79 Å². The van der Waals surface area contributed by atoms with E-state index >= 15 is 0 Å². The molecule has 3 unspecified atom stereocenters. The third-order valence-corrected chi connectivity index (χ3v) is 5.32. The number of para-hydroxylation sites is 1. The normalized spacial score (nSPS) is 26.9. The maximum atomic E-state index is 10.9. The number of fused-ring (bicyclic) bond motifs is 2. The van der Waals surface area contributed by atoms with E-state index in [-0.39, 0.29) is 5.91 Å². The summed E-state index contributed by atoms with van der Waals surface area (Å²) in [5, 5.41) is 3.56. The smallest absolute Gasteiger partial charge is 0.227 e. The molecule has 3 atom stereocenters. The molecule has 1 saturated carbocycles. The highest BCUT2D eigenvalue weighted by Crippen LogP contribution is 2.43. The van der Waals surface area contributed by atoms with Crippen molar-refractivity contribution < 1.29 is 4.79 Å². The fourth-order valence-corrected chi connectivity index (χ4v) is 4.03. The molecule has 0 saturated heterocycles. The van der Waals surface area contributed by atoms with Gasteiger partial charge in [-0.25, -0.2) is 0 Å². The third-order valence-electron chi connectivity index (χ3n) is 4.23. The topological polar surface area (TPSA) is 55.1 Å². The summed E-state index contributed by atoms with van der Waals surface area (Å²) in [5.41, 5.74) is 6.33. The number of nitrogens with two attached hydrogens (primary N) is 1. The number of hydrogen-bond donors (Lipinski definition) is 2. The molecule has 106 valence electrons. The van der Waals surface area contributed by atoms with Gasteiger partial charge in [0, 0.05) is 17.1 Å². The number of hydrogen-bond acceptors (Lipinski definition) is 3. The lowest BCUT2D eigenvalue weighted by Gasteiger charge is -2.20. The number of allylic oxidation sites excluding steroid dienone is 2. The van der Waals surface area contributed by atoms with Gasteiger partial charge >= 0.3 is 0 Å². The Balaban J connectivity index is 1.59. The molecule has 4 heteroatoms. The number of carbonyl (C=O) groups is 1. The van der Waals surface area contributed by atoms with Crippen LogP contribution in [0.5, 0.6) is 0 Å². The molecule has 0 heterocycles. The van der Waals surface area contributed by atoms with Crippen molar-refractivity contribution in [1.29, 1.82) is 0 Å². The Morgan fingerprint density at radius 3 is 2.85 bits per heavy atom. The van der Waals surface area contributed by atoms with E-state index in [1.807, 2.05) is 18.2 Å². The highest BCUT2D eigenvalue weighted by atomic mass is 32.2. The average Bonchev–Trinajstić information content (AvgIpc) is 3.06. The van der Waals surface area contributed by atoms with E-state index in [4.69, 9.17) is 5.73 Å². The maximum absolute atomic E-state index is 10.9. The monoisotopic (exact) mass is 288 g/mol. The van der Waals surface area contributed by atoms with Gasteiger partial charge in [-0.2, -0.15) is 0 Å². The van der Waals surface area contributed by atoms with Crippen LogP contribution in [0.15, 0.2) is 41.3 Å². The lowest BCUT2D eigenvalue weighted by atomic mass is 9.93. The van der Waals surface area contributed by atoms with Crippen LogP contribution in [0.1, 0.15) is 12.8 Å². The Morgan fingerprint density at radius 1 is 1.30 bits per heavy atom. The quantitative estimate of drug-likeness (QED) is 0.625. The Kier molecular flexibility index (Phi) is 4.01. The minimum absolute atomic E-state index is 0.275. The van der Waals surface area contributed by atoms with Crippen molar-refractivity contribution in [2.24, 2.45) is 23.5 Å². The minimum Gasteiger partial charge on any atom is -0.384 e. The summed E-state index contributed by atoms with van der Waals surface area (Å²) >= 11 is 1.50. The number of carbonyl (C=O) groups excluding carboxylic acids is 1. The van der Waals surface area contributed by atoms with E-state index in [1.165, 1.54) is 24.6 Å². The second-order valence-electron chi connectivity index (χ2n) is 5.67. The van der Waals surface area contributed by atoms with Crippen molar-refractivity contribution in [2.75, 3.05) is 17.6 Å². The van der Waals surface area contributed by atoms with Gasteiger partial charge in [-0.1, -0.05) is 24.3 Å². The predicted molar refractivity (Wildman–Crippen MR) is 83.7 cm³/mol. The van der Waals surface area contributed by atoms with Crippen LogP contribution in [0.4, 0.5) is 5.69 Å². The standard InChI is InChI=1S/C16H20N2OS/c17-16(19)10-20-15-4-2-1-3-14(15)18-9-13-8-11-5-6-12(13)7-11/h1-6,11-13,18H,7-10H2,(H2,17,19). The van der Waals surface area contributed by atoms with Crippen LogP contribution in [-0.4, -0.2) is 18.2 Å². The van der Waals surface area contributed by atoms with E-state index in [9.17, 15) is 4.79 Å². The predicted octanol–water partition coefficient (Wildman–Crippen LogP) is 2.89. The van der Waals surface area contributed by atoms with Gasteiger partial charge in [-0.05, 0) is 42.7 Å². The molecule has 2 aliphatic rings. The Morgan fingerprint density at radius 2 is 2.15 bits per heavy atom. The maximum Gasteiger partial charge on any atom is 0.227 e. The fourth-order valence-electron chi connectivity index (χ4n) is 3.26. The molecule has 0 spiro atoms. The SMILES string of the molecule is NC(=O)CSc1ccccc1NCC1CC2C=CC1C2. The zero-order valence-electron chi connectivity index (χ0n) is 11.4. The van der Waals surface area contributed by atoms with Crippen molar-refractivity contribution in [2.45, 2.75) is 17.7 Å². The van der Waals surface area contributed by atoms with E-state index in [0.29, 0.717) is 5.75 Å². The summed E-state index contributed by atoms with van der Waals surface area (Å²) in [6, 6.07) is 8.13. The fraction of sp³-hybridized carbons (Fsp3) is 0.438. The summed E-state index contributed by atoms with van der Waals surface area (Å²) in [6.07, 6.45) is 7.40. The van der Waals surface area contributed by atoms with Crippen LogP contribution >= 0.6 is 11.8 Å². The Labute approximate surface area is 124 Å². The lowest BCUT2D eigenvalue weighted by Crippen LogP contribution is -2.18. The van der Waals surface area contributed by atoms with Gasteiger partial charge in [0.05, 0.1) is 5.75 Å². The van der Waals surface area contributed by atoms with Gasteiger partial charge in [0.25, 0.3) is 0 Å². The van der Waals surface area contributed by atoms with Crippen LogP contribution < -0.4 is 11.1 Å². The van der Waals surface area contributed by atoms with Crippen LogP contribution in [-0.2, 0) is 4.79 Å². The zero-order valence-corrected chi connectivity index (χ0v) is 12.2. The van der Waals surface area contributed by atoms with E-state index in [2.05, 4.69) is 23.5 Å². The van der Waals surface area contributed by atoms with Gasteiger partial charge in [-0.15, -0.1) is 11.8 Å². The molecular formula is C16H20N2OS. The zero-order chi connectivity index (χ0) is 13.9. The second kappa shape index (κ2) is 5.92. The largest absolute Gasteiger partial charge is 0.384 e. The lowest BCUT2D eigenvalue weighted by molar-refractivity contribution is -0.115. The molecule has 0 aliphatic heterocycles. The molecule has 1 aromatic carbocycles. The van der Waals surface area contributed by atoms with Crippen LogP contribution in [0.2, 0.25) is 0 Å². The highest BCUT2D eigenvalue weighted by Gasteiger charge is 2.35. The minimum atomic E-state index is -0.275. The van der Waals surface area contributed by atoms with Crippen LogP contribution in [0.25, 0.3) is 0 Å².